The number of phenolic OH excluding ortho intramolecular Hbond substituents is 1. The minimum Gasteiger partial charge on any atom is -0.508 e. The third-order valence-corrected chi connectivity index (χ3v) is 3.67. The monoisotopic (exact) mass is 306 g/mol. The molecule has 18 heavy (non-hydrogen) atoms. The minimum absolute atomic E-state index is 0.185. The molecule has 0 saturated carbocycles. The van der Waals surface area contributed by atoms with E-state index in [1.54, 1.807) is 48.5 Å². The molecule has 0 bridgehead atoms. The number of rotatable bonds is 3. The van der Waals surface area contributed by atoms with Gasteiger partial charge in [0.05, 0.1) is 10.4 Å². The van der Waals surface area contributed by atoms with Gasteiger partial charge in [0, 0.05) is 0 Å². The molecule has 2 aromatic rings. The molecule has 0 fully saturated rings. The van der Waals surface area contributed by atoms with Gasteiger partial charge in [-0.2, -0.15) is 0 Å². The second-order valence-corrected chi connectivity index (χ2v) is 4.76. The molecule has 0 heterocycles. The van der Waals surface area contributed by atoms with E-state index in [0.717, 1.165) is 5.56 Å². The third kappa shape index (κ3) is 2.54. The molecule has 0 saturated heterocycles. The zero-order chi connectivity index (χ0) is 13.1. The molecule has 0 spiro atoms. The van der Waals surface area contributed by atoms with Crippen LogP contribution in [0, 0.1) is 0 Å². The zero-order valence-corrected chi connectivity index (χ0v) is 11.0. The number of carbonyl (C=O) groups is 1. The van der Waals surface area contributed by atoms with Crippen molar-refractivity contribution in [2.45, 2.75) is 4.83 Å². The predicted molar refractivity (Wildman–Crippen MR) is 72.3 cm³/mol. The van der Waals surface area contributed by atoms with Gasteiger partial charge in [0.25, 0.3) is 0 Å². The highest BCUT2D eigenvalue weighted by molar-refractivity contribution is 9.09. The van der Waals surface area contributed by atoms with Crippen LogP contribution in [0.15, 0.2) is 48.5 Å². The average molecular weight is 307 g/mol. The Morgan fingerprint density at radius 3 is 2.28 bits per heavy atom. The standard InChI is InChI=1S/C14H11BrO3/c15-13(9-5-7-10(16)8-6-9)11-3-1-2-4-12(11)14(17)18/h1-8,13,16H,(H,17,18)/t13-/m1/s1. The van der Waals surface area contributed by atoms with Gasteiger partial charge >= 0.3 is 5.97 Å². The highest BCUT2D eigenvalue weighted by Crippen LogP contribution is 2.33. The van der Waals surface area contributed by atoms with Gasteiger partial charge in [-0.3, -0.25) is 0 Å². The van der Waals surface area contributed by atoms with E-state index in [9.17, 15) is 9.90 Å². The molecule has 0 aliphatic heterocycles. The second-order valence-electron chi connectivity index (χ2n) is 3.85. The lowest BCUT2D eigenvalue weighted by molar-refractivity contribution is 0.0696. The second kappa shape index (κ2) is 5.23. The number of aromatic hydroxyl groups is 1. The summed E-state index contributed by atoms with van der Waals surface area (Å²) in [4.78, 5) is 10.9. The Labute approximate surface area is 113 Å². The van der Waals surface area contributed by atoms with E-state index in [2.05, 4.69) is 15.9 Å². The van der Waals surface area contributed by atoms with Crippen molar-refractivity contribution in [1.82, 2.24) is 0 Å². The maximum absolute atomic E-state index is 11.2. The highest BCUT2D eigenvalue weighted by Gasteiger charge is 2.17. The molecule has 2 rings (SSSR count). The van der Waals surface area contributed by atoms with Crippen LogP contribution in [0.25, 0.3) is 0 Å². The van der Waals surface area contributed by atoms with Crippen LogP contribution < -0.4 is 0 Å². The number of halogens is 1. The summed E-state index contributed by atoms with van der Waals surface area (Å²) in [5.41, 5.74) is 1.85. The van der Waals surface area contributed by atoms with Crippen molar-refractivity contribution in [2.24, 2.45) is 0 Å². The first kappa shape index (κ1) is 12.6. The summed E-state index contributed by atoms with van der Waals surface area (Å²) in [6.45, 7) is 0. The summed E-state index contributed by atoms with van der Waals surface area (Å²) in [6.07, 6.45) is 0. The number of alkyl halides is 1. The first-order valence-corrected chi connectivity index (χ1v) is 6.26. The van der Waals surface area contributed by atoms with Crippen LogP contribution in [0.1, 0.15) is 26.3 Å². The molecule has 92 valence electrons. The summed E-state index contributed by atoms with van der Waals surface area (Å²) in [6, 6.07) is 13.5. The fraction of sp³-hybridized carbons (Fsp3) is 0.0714. The maximum atomic E-state index is 11.2. The molecule has 0 amide bonds. The van der Waals surface area contributed by atoms with E-state index in [0.29, 0.717) is 5.56 Å². The van der Waals surface area contributed by atoms with Gasteiger partial charge in [0.1, 0.15) is 5.75 Å². The number of carboxylic acid groups (broad SMARTS) is 1. The Kier molecular flexibility index (Phi) is 3.67. The Balaban J connectivity index is 2.42. The Morgan fingerprint density at radius 1 is 1.06 bits per heavy atom. The zero-order valence-electron chi connectivity index (χ0n) is 9.38. The van der Waals surface area contributed by atoms with Gasteiger partial charge in [-0.15, -0.1) is 0 Å². The fourth-order valence-corrected chi connectivity index (χ4v) is 2.44. The number of phenols is 1. The van der Waals surface area contributed by atoms with Crippen LogP contribution in [0.3, 0.4) is 0 Å². The molecule has 2 aromatic carbocycles. The van der Waals surface area contributed by atoms with Gasteiger partial charge in [0.15, 0.2) is 0 Å². The molecule has 0 aliphatic carbocycles. The molecular weight excluding hydrogens is 296 g/mol. The van der Waals surface area contributed by atoms with Crippen LogP contribution in [-0.2, 0) is 0 Å². The van der Waals surface area contributed by atoms with E-state index in [4.69, 9.17) is 5.11 Å². The summed E-state index contributed by atoms with van der Waals surface area (Å²) in [7, 11) is 0. The fourth-order valence-electron chi connectivity index (χ4n) is 1.74. The number of benzene rings is 2. The summed E-state index contributed by atoms with van der Waals surface area (Å²) in [5.74, 6) is -0.765. The average Bonchev–Trinajstić information content (AvgIpc) is 2.39. The topological polar surface area (TPSA) is 57.5 Å². The first-order valence-electron chi connectivity index (χ1n) is 5.35. The van der Waals surface area contributed by atoms with Crippen LogP contribution >= 0.6 is 15.9 Å². The molecule has 0 unspecified atom stereocenters. The van der Waals surface area contributed by atoms with E-state index >= 15 is 0 Å². The van der Waals surface area contributed by atoms with Gasteiger partial charge in [-0.25, -0.2) is 4.79 Å². The lowest BCUT2D eigenvalue weighted by Gasteiger charge is -2.13. The quantitative estimate of drug-likeness (QED) is 0.852. The summed E-state index contributed by atoms with van der Waals surface area (Å²) in [5, 5.41) is 18.4. The van der Waals surface area contributed by atoms with Gasteiger partial charge in [-0.05, 0) is 29.3 Å². The van der Waals surface area contributed by atoms with Gasteiger partial charge < -0.3 is 10.2 Å². The van der Waals surface area contributed by atoms with Crippen molar-refractivity contribution in [1.29, 1.82) is 0 Å². The van der Waals surface area contributed by atoms with Crippen molar-refractivity contribution in [3.05, 3.63) is 65.2 Å². The Bertz CT molecular complexity index is 564. The number of aromatic carboxylic acids is 1. The number of hydrogen-bond donors (Lipinski definition) is 2. The molecule has 4 heteroatoms. The van der Waals surface area contributed by atoms with E-state index in [1.165, 1.54) is 0 Å². The normalized spacial score (nSPS) is 12.1. The van der Waals surface area contributed by atoms with Crippen molar-refractivity contribution in [3.63, 3.8) is 0 Å². The number of carboxylic acids is 1. The lowest BCUT2D eigenvalue weighted by atomic mass is 9.99. The van der Waals surface area contributed by atoms with Gasteiger partial charge in [0.2, 0.25) is 0 Å². The molecule has 1 atom stereocenters. The molecule has 0 radical (unpaired) electrons. The molecule has 3 nitrogen and oxygen atoms in total. The smallest absolute Gasteiger partial charge is 0.336 e. The SMILES string of the molecule is O=C(O)c1ccccc1[C@H](Br)c1ccc(O)cc1. The molecular formula is C14H11BrO3. The van der Waals surface area contributed by atoms with Crippen molar-refractivity contribution < 1.29 is 15.0 Å². The minimum atomic E-state index is -0.950. The molecule has 0 aromatic heterocycles. The predicted octanol–water partition coefficient (Wildman–Crippen LogP) is 3.57. The summed E-state index contributed by atoms with van der Waals surface area (Å²) >= 11 is 3.49. The van der Waals surface area contributed by atoms with E-state index in [1.807, 2.05) is 0 Å². The van der Waals surface area contributed by atoms with Crippen molar-refractivity contribution in [3.8, 4) is 5.75 Å². The van der Waals surface area contributed by atoms with Crippen molar-refractivity contribution >= 4 is 21.9 Å². The summed E-state index contributed by atoms with van der Waals surface area (Å²) < 4.78 is 0. The number of hydrogen-bond acceptors (Lipinski definition) is 2. The van der Waals surface area contributed by atoms with Crippen LogP contribution in [0.5, 0.6) is 5.75 Å². The van der Waals surface area contributed by atoms with E-state index < -0.39 is 5.97 Å². The van der Waals surface area contributed by atoms with Crippen LogP contribution in [-0.4, -0.2) is 16.2 Å². The Morgan fingerprint density at radius 2 is 1.67 bits per heavy atom. The lowest BCUT2D eigenvalue weighted by Crippen LogP contribution is -2.04. The maximum Gasteiger partial charge on any atom is 0.336 e. The molecule has 0 aliphatic rings. The largest absolute Gasteiger partial charge is 0.508 e. The van der Waals surface area contributed by atoms with Gasteiger partial charge in [-0.1, -0.05) is 46.3 Å². The van der Waals surface area contributed by atoms with E-state index in [-0.39, 0.29) is 16.1 Å². The van der Waals surface area contributed by atoms with Crippen molar-refractivity contribution in [2.75, 3.05) is 0 Å². The highest BCUT2D eigenvalue weighted by atomic mass is 79.9. The Hall–Kier alpha value is -1.81. The first-order chi connectivity index (χ1) is 8.59. The third-order valence-electron chi connectivity index (χ3n) is 2.65. The molecule has 2 N–H and O–H groups in total. The van der Waals surface area contributed by atoms with Crippen LogP contribution in [0.2, 0.25) is 0 Å². The van der Waals surface area contributed by atoms with Crippen LogP contribution in [0.4, 0.5) is 0 Å².